The second-order valence-electron chi connectivity index (χ2n) is 7.64. The van der Waals surface area contributed by atoms with Gasteiger partial charge in [-0.3, -0.25) is 0 Å². The van der Waals surface area contributed by atoms with Crippen molar-refractivity contribution in [1.82, 2.24) is 0 Å². The topological polar surface area (TPSA) is 3.88 Å². The number of para-hydroxylation sites is 1. The third-order valence-electron chi connectivity index (χ3n) is 4.91. The summed E-state index contributed by atoms with van der Waals surface area (Å²) in [5, 5.41) is 1.50. The highest BCUT2D eigenvalue weighted by molar-refractivity contribution is 7.19. The number of allylic oxidation sites excluding steroid dienone is 4. The van der Waals surface area contributed by atoms with Crippen molar-refractivity contribution in [3.8, 4) is 0 Å². The van der Waals surface area contributed by atoms with Crippen molar-refractivity contribution < 1.29 is 28.5 Å². The van der Waals surface area contributed by atoms with E-state index in [1.54, 1.807) is 11.1 Å². The zero-order chi connectivity index (χ0) is 15.3. The van der Waals surface area contributed by atoms with Crippen LogP contribution in [0, 0.1) is 5.41 Å². The van der Waals surface area contributed by atoms with Crippen LogP contribution in [0.4, 0.5) is 0 Å². The molecule has 0 atom stereocenters. The van der Waals surface area contributed by atoms with Gasteiger partial charge in [-0.05, 0) is 43.2 Å². The molecule has 122 valence electrons. The second kappa shape index (κ2) is 6.32. The number of hydrogen-bond donors (Lipinski definition) is 0. The van der Waals surface area contributed by atoms with Gasteiger partial charge in [0.15, 0.2) is 6.54 Å². The first-order chi connectivity index (χ1) is 10.5. The van der Waals surface area contributed by atoms with Crippen molar-refractivity contribution in [2.75, 3.05) is 0 Å². The molecule has 0 saturated heterocycles. The molecule has 0 bridgehead atoms. The van der Waals surface area contributed by atoms with Gasteiger partial charge in [0, 0.05) is 18.1 Å². The van der Waals surface area contributed by atoms with Crippen molar-refractivity contribution in [1.29, 1.82) is 0 Å². The zero-order valence-corrected chi connectivity index (χ0v) is 17.1. The Balaban J connectivity index is 0.00000156. The van der Waals surface area contributed by atoms with Crippen molar-refractivity contribution in [3.63, 3.8) is 0 Å². The lowest BCUT2D eigenvalue weighted by Crippen LogP contribution is -3.00. The van der Waals surface area contributed by atoms with Gasteiger partial charge in [-0.1, -0.05) is 49.0 Å². The predicted octanol–water partition coefficient (Wildman–Crippen LogP) is 2.51. The Labute approximate surface area is 160 Å². The van der Waals surface area contributed by atoms with Gasteiger partial charge < -0.3 is 24.0 Å². The second-order valence-corrected chi connectivity index (χ2v) is 8.67. The molecule has 1 aromatic carbocycles. The van der Waals surface area contributed by atoms with E-state index in [4.69, 9.17) is 0 Å². The highest BCUT2D eigenvalue weighted by Crippen LogP contribution is 2.43. The smallest absolute Gasteiger partial charge is 0.266 e. The van der Waals surface area contributed by atoms with Crippen LogP contribution in [-0.4, -0.2) is 0 Å². The molecule has 1 nitrogen and oxygen atoms in total. The number of hydrogen-bond acceptors (Lipinski definition) is 1. The summed E-state index contributed by atoms with van der Waals surface area (Å²) in [6.45, 7) is 8.28. The minimum absolute atomic E-state index is 0. The lowest BCUT2D eigenvalue weighted by molar-refractivity contribution is -0.672. The molecule has 0 spiro atoms. The van der Waals surface area contributed by atoms with E-state index in [9.17, 15) is 0 Å². The molecule has 1 aliphatic heterocycles. The molecule has 2 aromatic rings. The van der Waals surface area contributed by atoms with Crippen LogP contribution in [-0.2, 0) is 6.54 Å². The Morgan fingerprint density at radius 3 is 2.70 bits per heavy atom. The number of rotatable bonds is 0. The van der Waals surface area contributed by atoms with E-state index in [1.165, 1.54) is 53.0 Å². The first-order valence-electron chi connectivity index (χ1n) is 8.34. The number of nitrogens with zero attached hydrogens (tertiary/aromatic N) is 1. The predicted molar refractivity (Wildman–Crippen MR) is 94.9 cm³/mol. The molecule has 0 N–H and O–H groups in total. The average Bonchev–Trinajstić information content (AvgIpc) is 2.83. The fourth-order valence-corrected chi connectivity index (χ4v) is 5.52. The summed E-state index contributed by atoms with van der Waals surface area (Å²) in [5.41, 5.74) is 6.56. The highest BCUT2D eigenvalue weighted by Gasteiger charge is 2.32. The van der Waals surface area contributed by atoms with E-state index in [-0.39, 0.29) is 24.0 Å². The summed E-state index contributed by atoms with van der Waals surface area (Å²) in [6.07, 6.45) is 7.43. The van der Waals surface area contributed by atoms with E-state index >= 15 is 0 Å². The summed E-state index contributed by atoms with van der Waals surface area (Å²) in [4.78, 5) is 0. The first-order valence-corrected chi connectivity index (χ1v) is 9.16. The van der Waals surface area contributed by atoms with Gasteiger partial charge in [0.05, 0.1) is 0 Å². The first kappa shape index (κ1) is 17.2. The van der Waals surface area contributed by atoms with Crippen molar-refractivity contribution in [2.45, 2.75) is 53.0 Å². The molecule has 23 heavy (non-hydrogen) atoms. The van der Waals surface area contributed by atoms with Crippen molar-refractivity contribution >= 4 is 27.1 Å². The van der Waals surface area contributed by atoms with Gasteiger partial charge in [-0.25, -0.2) is 0 Å². The summed E-state index contributed by atoms with van der Waals surface area (Å²) in [5.74, 6) is 0. The summed E-state index contributed by atoms with van der Waals surface area (Å²) >= 11 is 1.98. The van der Waals surface area contributed by atoms with E-state index in [0.29, 0.717) is 5.41 Å². The molecule has 2 heterocycles. The molecule has 2 aliphatic rings. The largest absolute Gasteiger partial charge is 1.00 e. The summed E-state index contributed by atoms with van der Waals surface area (Å²) in [6, 6.07) is 8.86. The summed E-state index contributed by atoms with van der Waals surface area (Å²) in [7, 11) is 0. The van der Waals surface area contributed by atoms with Gasteiger partial charge in [0.2, 0.25) is 5.52 Å². The van der Waals surface area contributed by atoms with Gasteiger partial charge in [-0.2, -0.15) is 4.57 Å². The SMILES string of the molecule is CC1=CC(=C2CCC[n+]3c2sc2ccccc23)CC(C)(C)C1.[I-]. The van der Waals surface area contributed by atoms with Gasteiger partial charge in [-0.15, -0.1) is 0 Å². The molecule has 0 unspecified atom stereocenters. The molecule has 0 radical (unpaired) electrons. The van der Waals surface area contributed by atoms with Crippen molar-refractivity contribution in [2.24, 2.45) is 5.41 Å². The molecule has 1 aliphatic carbocycles. The fourth-order valence-electron chi connectivity index (χ4n) is 4.23. The molecule has 4 rings (SSSR count). The van der Waals surface area contributed by atoms with Crippen LogP contribution >= 0.6 is 11.3 Å². The Morgan fingerprint density at radius 1 is 1.13 bits per heavy atom. The lowest BCUT2D eigenvalue weighted by Gasteiger charge is -2.31. The molecule has 1 aromatic heterocycles. The molecule has 3 heteroatoms. The zero-order valence-electron chi connectivity index (χ0n) is 14.2. The van der Waals surface area contributed by atoms with Crippen LogP contribution in [0.5, 0.6) is 0 Å². The van der Waals surface area contributed by atoms with E-state index in [1.807, 2.05) is 11.3 Å². The molecule has 0 fully saturated rings. The van der Waals surface area contributed by atoms with Crippen LogP contribution < -0.4 is 28.5 Å². The Hall–Kier alpha value is -0.680. The Kier molecular flexibility index (Phi) is 4.71. The van der Waals surface area contributed by atoms with E-state index in [0.717, 1.165) is 0 Å². The minimum atomic E-state index is 0. The monoisotopic (exact) mass is 437 g/mol. The molecule has 0 amide bonds. The normalized spacial score (nSPS) is 23.2. The molecule has 0 saturated carbocycles. The van der Waals surface area contributed by atoms with Crippen LogP contribution in [0.15, 0.2) is 41.5 Å². The number of thiazole rings is 1. The van der Waals surface area contributed by atoms with Crippen LogP contribution in [0.2, 0.25) is 0 Å². The fraction of sp³-hybridized carbons (Fsp3) is 0.450. The number of aromatic nitrogens is 1. The van der Waals surface area contributed by atoms with E-state index in [2.05, 4.69) is 55.7 Å². The van der Waals surface area contributed by atoms with E-state index < -0.39 is 0 Å². The third kappa shape index (κ3) is 3.14. The van der Waals surface area contributed by atoms with Crippen LogP contribution in [0.25, 0.3) is 15.8 Å². The number of halogens is 1. The van der Waals surface area contributed by atoms with Crippen LogP contribution in [0.1, 0.15) is 51.5 Å². The quantitative estimate of drug-likeness (QED) is 0.441. The standard InChI is InChI=1S/C20H24NS.HI/c1-14-11-15(13-20(2,3)12-14)16-7-6-10-21-17-8-4-5-9-18(17)22-19(16)21;/h4-5,8-9,11H,6-7,10,12-13H2,1-3H3;1H/q+1;/p-1. The minimum Gasteiger partial charge on any atom is -1.00 e. The maximum absolute atomic E-state index is 2.55. The molecular formula is C20H24INS. The number of aryl methyl sites for hydroxylation is 1. The number of fused-ring (bicyclic) bond motifs is 3. The van der Waals surface area contributed by atoms with Gasteiger partial charge in [0.1, 0.15) is 4.70 Å². The number of benzene rings is 1. The lowest BCUT2D eigenvalue weighted by atomic mass is 9.74. The Bertz CT molecular complexity index is 810. The van der Waals surface area contributed by atoms with Gasteiger partial charge in [0.25, 0.3) is 5.01 Å². The maximum Gasteiger partial charge on any atom is 0.266 e. The Morgan fingerprint density at radius 2 is 1.91 bits per heavy atom. The highest BCUT2D eigenvalue weighted by atomic mass is 127. The molecular weight excluding hydrogens is 413 g/mol. The van der Waals surface area contributed by atoms with Crippen molar-refractivity contribution in [3.05, 3.63) is 46.5 Å². The van der Waals surface area contributed by atoms with Crippen LogP contribution in [0.3, 0.4) is 0 Å². The third-order valence-corrected chi connectivity index (χ3v) is 6.13. The average molecular weight is 437 g/mol. The summed E-state index contributed by atoms with van der Waals surface area (Å²) < 4.78 is 3.98. The van der Waals surface area contributed by atoms with Gasteiger partial charge >= 0.3 is 0 Å². The maximum atomic E-state index is 2.55.